The lowest BCUT2D eigenvalue weighted by molar-refractivity contribution is 0.155. The van der Waals surface area contributed by atoms with Crippen LogP contribution in [0, 0.1) is 0 Å². The fourth-order valence-electron chi connectivity index (χ4n) is 3.79. The van der Waals surface area contributed by atoms with Crippen LogP contribution in [0.3, 0.4) is 0 Å². The third-order valence-electron chi connectivity index (χ3n) is 5.46. The maximum atomic E-state index is 6.18. The molecule has 2 aromatic heterocycles. The third kappa shape index (κ3) is 3.75. The van der Waals surface area contributed by atoms with Crippen LogP contribution in [0.2, 0.25) is 0 Å². The topological polar surface area (TPSA) is 64.3 Å². The molecule has 0 radical (unpaired) electrons. The van der Waals surface area contributed by atoms with Gasteiger partial charge in [-0.2, -0.15) is 4.52 Å². The Labute approximate surface area is 159 Å². The van der Waals surface area contributed by atoms with Gasteiger partial charge in [-0.25, -0.2) is 0 Å². The second-order valence-electron chi connectivity index (χ2n) is 7.70. The summed E-state index contributed by atoms with van der Waals surface area (Å²) in [5, 5.41) is 16.6. The van der Waals surface area contributed by atoms with Crippen LogP contribution in [0.4, 0.5) is 5.82 Å². The molecule has 0 bridgehead atoms. The van der Waals surface area contributed by atoms with Crippen LogP contribution in [0.5, 0.6) is 5.75 Å². The number of benzene rings is 1. The predicted molar refractivity (Wildman–Crippen MR) is 104 cm³/mol. The summed E-state index contributed by atoms with van der Waals surface area (Å²) in [6.07, 6.45) is 9.01. The van der Waals surface area contributed by atoms with Crippen molar-refractivity contribution in [3.05, 3.63) is 47.8 Å². The Balaban J connectivity index is 1.26. The molecule has 27 heavy (non-hydrogen) atoms. The van der Waals surface area contributed by atoms with E-state index in [0.717, 1.165) is 23.0 Å². The lowest BCUT2D eigenvalue weighted by Gasteiger charge is -2.23. The van der Waals surface area contributed by atoms with Crippen LogP contribution in [-0.2, 0) is 6.54 Å². The molecule has 140 valence electrons. The zero-order chi connectivity index (χ0) is 18.1. The van der Waals surface area contributed by atoms with Gasteiger partial charge in [-0.05, 0) is 68.4 Å². The average molecular weight is 363 g/mol. The van der Waals surface area contributed by atoms with E-state index in [9.17, 15) is 0 Å². The van der Waals surface area contributed by atoms with Crippen molar-refractivity contribution in [2.75, 3.05) is 5.32 Å². The van der Waals surface area contributed by atoms with Crippen molar-refractivity contribution >= 4 is 11.5 Å². The SMILES string of the molecule is c1cc(CNc2ccc3nnc(C4CC4)n3n2)cc(OC2CCCCC2)c1. The van der Waals surface area contributed by atoms with Crippen LogP contribution in [-0.4, -0.2) is 25.9 Å². The van der Waals surface area contributed by atoms with E-state index in [1.165, 1.54) is 50.5 Å². The Morgan fingerprint density at radius 1 is 1.00 bits per heavy atom. The highest BCUT2D eigenvalue weighted by molar-refractivity contribution is 5.45. The van der Waals surface area contributed by atoms with Crippen molar-refractivity contribution in [2.24, 2.45) is 0 Å². The smallest absolute Gasteiger partial charge is 0.178 e. The fourth-order valence-corrected chi connectivity index (χ4v) is 3.79. The van der Waals surface area contributed by atoms with Gasteiger partial charge in [0.1, 0.15) is 11.6 Å². The average Bonchev–Trinajstić information content (AvgIpc) is 3.46. The maximum absolute atomic E-state index is 6.18. The van der Waals surface area contributed by atoms with Crippen molar-refractivity contribution in [3.63, 3.8) is 0 Å². The van der Waals surface area contributed by atoms with Gasteiger partial charge in [-0.1, -0.05) is 18.6 Å². The van der Waals surface area contributed by atoms with Crippen LogP contribution in [0.25, 0.3) is 5.65 Å². The first-order valence-corrected chi connectivity index (χ1v) is 10.1. The van der Waals surface area contributed by atoms with E-state index in [-0.39, 0.29) is 0 Å². The zero-order valence-corrected chi connectivity index (χ0v) is 15.5. The second kappa shape index (κ2) is 7.18. The predicted octanol–water partition coefficient (Wildman–Crippen LogP) is 4.33. The van der Waals surface area contributed by atoms with E-state index >= 15 is 0 Å². The molecule has 0 amide bonds. The highest BCUT2D eigenvalue weighted by Gasteiger charge is 2.29. The van der Waals surface area contributed by atoms with Gasteiger partial charge in [-0.3, -0.25) is 0 Å². The minimum Gasteiger partial charge on any atom is -0.490 e. The first-order chi connectivity index (χ1) is 13.3. The fraction of sp³-hybridized carbons (Fsp3) is 0.476. The molecule has 6 nitrogen and oxygen atoms in total. The summed E-state index contributed by atoms with van der Waals surface area (Å²) < 4.78 is 8.06. The molecular formula is C21H25N5O. The molecule has 0 aliphatic heterocycles. The van der Waals surface area contributed by atoms with Gasteiger partial charge in [-0.15, -0.1) is 15.3 Å². The molecule has 0 spiro atoms. The Kier molecular flexibility index (Phi) is 4.40. The van der Waals surface area contributed by atoms with Gasteiger partial charge in [0.2, 0.25) is 0 Å². The Morgan fingerprint density at radius 2 is 1.89 bits per heavy atom. The van der Waals surface area contributed by atoms with Crippen LogP contribution >= 0.6 is 0 Å². The molecule has 2 aliphatic rings. The molecule has 5 rings (SSSR count). The monoisotopic (exact) mass is 363 g/mol. The molecule has 2 aliphatic carbocycles. The summed E-state index contributed by atoms with van der Waals surface area (Å²) in [5.74, 6) is 3.31. The van der Waals surface area contributed by atoms with Crippen molar-refractivity contribution < 1.29 is 4.74 Å². The molecular weight excluding hydrogens is 338 g/mol. The summed E-state index contributed by atoms with van der Waals surface area (Å²) in [6, 6.07) is 12.3. The Hall–Kier alpha value is -2.63. The minimum atomic E-state index is 0.376. The number of ether oxygens (including phenoxy) is 1. The van der Waals surface area contributed by atoms with E-state index in [1.54, 1.807) is 0 Å². The van der Waals surface area contributed by atoms with Crippen molar-refractivity contribution in [1.82, 2.24) is 19.8 Å². The molecule has 2 saturated carbocycles. The molecule has 0 saturated heterocycles. The van der Waals surface area contributed by atoms with E-state index in [4.69, 9.17) is 4.74 Å². The van der Waals surface area contributed by atoms with Gasteiger partial charge in [0.15, 0.2) is 11.5 Å². The summed E-state index contributed by atoms with van der Waals surface area (Å²) in [6.45, 7) is 0.710. The number of aromatic nitrogens is 4. The molecule has 1 aromatic carbocycles. The van der Waals surface area contributed by atoms with Crippen molar-refractivity contribution in [3.8, 4) is 5.75 Å². The zero-order valence-electron chi connectivity index (χ0n) is 15.5. The van der Waals surface area contributed by atoms with E-state index in [1.807, 2.05) is 16.6 Å². The number of hydrogen-bond acceptors (Lipinski definition) is 5. The standard InChI is InChI=1S/C21H25N5O/c1-2-6-17(7-3-1)27-18-8-4-5-15(13-18)14-22-19-11-12-20-23-24-21(16-9-10-16)26(20)25-19/h4-5,8,11-13,16-17H,1-3,6-7,9-10,14H2,(H,22,25). The number of nitrogens with one attached hydrogen (secondary N) is 1. The molecule has 2 heterocycles. The number of fused-ring (bicyclic) bond motifs is 1. The Morgan fingerprint density at radius 3 is 2.74 bits per heavy atom. The van der Waals surface area contributed by atoms with E-state index in [0.29, 0.717) is 18.6 Å². The summed E-state index contributed by atoms with van der Waals surface area (Å²) in [4.78, 5) is 0. The van der Waals surface area contributed by atoms with Crippen LogP contribution < -0.4 is 10.1 Å². The summed E-state index contributed by atoms with van der Waals surface area (Å²) in [7, 11) is 0. The molecule has 3 aromatic rings. The van der Waals surface area contributed by atoms with Gasteiger partial charge in [0.25, 0.3) is 0 Å². The number of rotatable bonds is 6. The van der Waals surface area contributed by atoms with E-state index < -0.39 is 0 Å². The highest BCUT2D eigenvalue weighted by atomic mass is 16.5. The quantitative estimate of drug-likeness (QED) is 0.706. The molecule has 0 atom stereocenters. The van der Waals surface area contributed by atoms with Gasteiger partial charge in [0, 0.05) is 12.5 Å². The first kappa shape index (κ1) is 16.5. The minimum absolute atomic E-state index is 0.376. The Bertz CT molecular complexity index is 927. The molecule has 6 heteroatoms. The van der Waals surface area contributed by atoms with Crippen LogP contribution in [0.15, 0.2) is 36.4 Å². The maximum Gasteiger partial charge on any atom is 0.178 e. The third-order valence-corrected chi connectivity index (χ3v) is 5.46. The highest BCUT2D eigenvalue weighted by Crippen LogP contribution is 2.38. The molecule has 0 unspecified atom stereocenters. The summed E-state index contributed by atoms with van der Waals surface area (Å²) in [5.41, 5.74) is 2.00. The van der Waals surface area contributed by atoms with Crippen molar-refractivity contribution in [1.29, 1.82) is 0 Å². The lowest BCUT2D eigenvalue weighted by atomic mass is 9.98. The number of nitrogens with zero attached hydrogens (tertiary/aromatic N) is 4. The lowest BCUT2D eigenvalue weighted by Crippen LogP contribution is -2.19. The first-order valence-electron chi connectivity index (χ1n) is 10.1. The van der Waals surface area contributed by atoms with Gasteiger partial charge < -0.3 is 10.1 Å². The number of hydrogen-bond donors (Lipinski definition) is 1. The summed E-state index contributed by atoms with van der Waals surface area (Å²) >= 11 is 0. The largest absolute Gasteiger partial charge is 0.490 e. The number of anilines is 1. The molecule has 1 N–H and O–H groups in total. The van der Waals surface area contributed by atoms with Gasteiger partial charge in [0.05, 0.1) is 6.10 Å². The van der Waals surface area contributed by atoms with Crippen LogP contribution in [0.1, 0.15) is 62.3 Å². The van der Waals surface area contributed by atoms with Gasteiger partial charge >= 0.3 is 0 Å². The molecule has 2 fully saturated rings. The van der Waals surface area contributed by atoms with E-state index in [2.05, 4.69) is 44.9 Å². The second-order valence-corrected chi connectivity index (χ2v) is 7.70. The normalized spacial score (nSPS) is 17.9. The van der Waals surface area contributed by atoms with Crippen molar-refractivity contribution in [2.45, 2.75) is 63.5 Å².